The van der Waals surface area contributed by atoms with Crippen molar-refractivity contribution in [2.45, 2.75) is 19.0 Å². The van der Waals surface area contributed by atoms with Gasteiger partial charge in [-0.3, -0.25) is 4.79 Å². The Labute approximate surface area is 132 Å². The van der Waals surface area contributed by atoms with Gasteiger partial charge in [-0.15, -0.1) is 0 Å². The van der Waals surface area contributed by atoms with Crippen LogP contribution in [0.5, 0.6) is 0 Å². The van der Waals surface area contributed by atoms with Gasteiger partial charge in [-0.05, 0) is 41.8 Å². The van der Waals surface area contributed by atoms with Gasteiger partial charge in [-0.2, -0.15) is 0 Å². The van der Waals surface area contributed by atoms with Gasteiger partial charge in [0.2, 0.25) is 5.91 Å². The number of carbonyl (C=O) groups excluding carboxylic acids is 1. The number of hydrogen-bond acceptors (Lipinski definition) is 3. The second-order valence-electron chi connectivity index (χ2n) is 5.41. The third kappa shape index (κ3) is 3.73. The van der Waals surface area contributed by atoms with Gasteiger partial charge in [0, 0.05) is 24.3 Å². The van der Waals surface area contributed by atoms with Crippen LogP contribution in [-0.2, 0) is 17.8 Å². The van der Waals surface area contributed by atoms with Crippen molar-refractivity contribution in [3.05, 3.63) is 65.7 Å². The summed E-state index contributed by atoms with van der Waals surface area (Å²) in [6, 6.07) is 9.19. The number of nitrogens with zero attached hydrogens (tertiary/aromatic N) is 1. The van der Waals surface area contributed by atoms with Gasteiger partial charge in [0.1, 0.15) is 11.5 Å². The molecule has 23 heavy (non-hydrogen) atoms. The number of carbonyl (C=O) groups is 1. The summed E-state index contributed by atoms with van der Waals surface area (Å²) in [5, 5.41) is 3.79. The molecule has 0 bridgehead atoms. The zero-order chi connectivity index (χ0) is 16.2. The molecule has 0 aliphatic heterocycles. The molecule has 1 aromatic carbocycles. The van der Waals surface area contributed by atoms with E-state index in [4.69, 9.17) is 5.73 Å². The van der Waals surface area contributed by atoms with Crippen LogP contribution < -0.4 is 11.1 Å². The topological polar surface area (TPSA) is 83.8 Å². The molecular weight excluding hydrogens is 295 g/mol. The van der Waals surface area contributed by atoms with Gasteiger partial charge in [0.25, 0.3) is 0 Å². The number of fused-ring (bicyclic) bond motifs is 1. The molecule has 0 radical (unpaired) electrons. The van der Waals surface area contributed by atoms with Crippen molar-refractivity contribution < 1.29 is 9.18 Å². The molecule has 0 aliphatic carbocycles. The largest absolute Gasteiger partial charge is 0.351 e. The van der Waals surface area contributed by atoms with Crippen LogP contribution in [0.4, 0.5) is 4.39 Å². The third-order valence-corrected chi connectivity index (χ3v) is 3.63. The Morgan fingerprint density at radius 2 is 2.04 bits per heavy atom. The van der Waals surface area contributed by atoms with E-state index < -0.39 is 6.04 Å². The number of amides is 1. The first kappa shape index (κ1) is 15.2. The molecule has 0 spiro atoms. The van der Waals surface area contributed by atoms with E-state index in [2.05, 4.69) is 15.3 Å². The number of H-pyrrole nitrogens is 1. The predicted octanol–water partition coefficient (Wildman–Crippen LogP) is 1.89. The number of rotatable bonds is 5. The second-order valence-corrected chi connectivity index (χ2v) is 5.41. The highest BCUT2D eigenvalue weighted by atomic mass is 19.1. The quantitative estimate of drug-likeness (QED) is 0.672. The molecule has 0 unspecified atom stereocenters. The van der Waals surface area contributed by atoms with E-state index in [1.807, 2.05) is 18.3 Å². The predicted molar refractivity (Wildman–Crippen MR) is 86.0 cm³/mol. The zero-order valence-electron chi connectivity index (χ0n) is 12.4. The first-order valence-electron chi connectivity index (χ1n) is 7.31. The van der Waals surface area contributed by atoms with Gasteiger partial charge in [-0.1, -0.05) is 12.1 Å². The van der Waals surface area contributed by atoms with Crippen molar-refractivity contribution >= 4 is 16.9 Å². The van der Waals surface area contributed by atoms with Crippen LogP contribution in [0.2, 0.25) is 0 Å². The average Bonchev–Trinajstić information content (AvgIpc) is 3.02. The average molecular weight is 312 g/mol. The van der Waals surface area contributed by atoms with Gasteiger partial charge < -0.3 is 16.0 Å². The monoisotopic (exact) mass is 312 g/mol. The highest BCUT2D eigenvalue weighted by molar-refractivity contribution is 5.82. The van der Waals surface area contributed by atoms with Crippen LogP contribution in [0.3, 0.4) is 0 Å². The summed E-state index contributed by atoms with van der Waals surface area (Å²) in [6.07, 6.45) is 3.89. The summed E-state index contributed by atoms with van der Waals surface area (Å²) < 4.78 is 12.9. The molecule has 118 valence electrons. The van der Waals surface area contributed by atoms with Gasteiger partial charge in [0.05, 0.1) is 6.04 Å². The molecule has 2 aromatic heterocycles. The molecule has 6 heteroatoms. The van der Waals surface area contributed by atoms with Crippen LogP contribution in [0.25, 0.3) is 11.0 Å². The van der Waals surface area contributed by atoms with Crippen LogP contribution in [0, 0.1) is 5.82 Å². The van der Waals surface area contributed by atoms with Gasteiger partial charge in [0.15, 0.2) is 0 Å². The lowest BCUT2D eigenvalue weighted by atomic mass is 10.1. The van der Waals surface area contributed by atoms with E-state index in [1.165, 1.54) is 12.1 Å². The normalized spacial score (nSPS) is 12.3. The first-order chi connectivity index (χ1) is 11.1. The number of halogens is 1. The van der Waals surface area contributed by atoms with Crippen LogP contribution in [0.1, 0.15) is 11.1 Å². The fourth-order valence-electron chi connectivity index (χ4n) is 2.37. The Morgan fingerprint density at radius 1 is 1.26 bits per heavy atom. The Hall–Kier alpha value is -2.73. The minimum absolute atomic E-state index is 0.247. The molecule has 1 atom stereocenters. The summed E-state index contributed by atoms with van der Waals surface area (Å²) in [5.41, 5.74) is 8.44. The Morgan fingerprint density at radius 3 is 2.83 bits per heavy atom. The lowest BCUT2D eigenvalue weighted by Gasteiger charge is -2.12. The fourth-order valence-corrected chi connectivity index (χ4v) is 2.37. The molecule has 0 aliphatic rings. The van der Waals surface area contributed by atoms with E-state index in [0.717, 1.165) is 22.2 Å². The number of aromatic nitrogens is 2. The summed E-state index contributed by atoms with van der Waals surface area (Å²) >= 11 is 0. The van der Waals surface area contributed by atoms with Crippen LogP contribution >= 0.6 is 0 Å². The number of nitrogens with two attached hydrogens (primary N) is 1. The summed E-state index contributed by atoms with van der Waals surface area (Å²) in [4.78, 5) is 19.3. The van der Waals surface area contributed by atoms with E-state index in [0.29, 0.717) is 13.0 Å². The van der Waals surface area contributed by atoms with Crippen molar-refractivity contribution in [2.24, 2.45) is 5.73 Å². The zero-order valence-corrected chi connectivity index (χ0v) is 12.4. The molecule has 0 saturated heterocycles. The molecule has 5 nitrogen and oxygen atoms in total. The van der Waals surface area contributed by atoms with E-state index in [1.54, 1.807) is 18.3 Å². The van der Waals surface area contributed by atoms with Gasteiger partial charge in [-0.25, -0.2) is 9.37 Å². The minimum atomic E-state index is -0.676. The number of benzene rings is 1. The highest BCUT2D eigenvalue weighted by Gasteiger charge is 2.14. The number of nitrogens with one attached hydrogen (secondary N) is 2. The summed E-state index contributed by atoms with van der Waals surface area (Å²) in [6.45, 7) is 0.365. The molecule has 3 rings (SSSR count). The van der Waals surface area contributed by atoms with Gasteiger partial charge >= 0.3 is 0 Å². The van der Waals surface area contributed by atoms with Crippen molar-refractivity contribution in [1.82, 2.24) is 15.3 Å². The van der Waals surface area contributed by atoms with Crippen molar-refractivity contribution in [3.8, 4) is 0 Å². The van der Waals surface area contributed by atoms with Crippen molar-refractivity contribution in [1.29, 1.82) is 0 Å². The summed E-state index contributed by atoms with van der Waals surface area (Å²) in [7, 11) is 0. The van der Waals surface area contributed by atoms with Crippen LogP contribution in [0.15, 0.2) is 48.8 Å². The molecule has 3 aromatic rings. The number of pyridine rings is 1. The molecule has 0 fully saturated rings. The van der Waals surface area contributed by atoms with Crippen molar-refractivity contribution in [2.75, 3.05) is 0 Å². The van der Waals surface area contributed by atoms with Crippen molar-refractivity contribution in [3.63, 3.8) is 0 Å². The van der Waals surface area contributed by atoms with Crippen LogP contribution in [-0.4, -0.2) is 21.9 Å². The number of aromatic amines is 1. The highest BCUT2D eigenvalue weighted by Crippen LogP contribution is 2.11. The first-order valence-corrected chi connectivity index (χ1v) is 7.31. The smallest absolute Gasteiger partial charge is 0.237 e. The van der Waals surface area contributed by atoms with E-state index in [9.17, 15) is 9.18 Å². The second kappa shape index (κ2) is 6.58. The Kier molecular flexibility index (Phi) is 4.34. The van der Waals surface area contributed by atoms with E-state index >= 15 is 0 Å². The maximum absolute atomic E-state index is 12.9. The Bertz CT molecular complexity index is 813. The fraction of sp³-hybridized carbons (Fsp3) is 0.176. The molecular formula is C17H17FN4O. The maximum atomic E-state index is 12.9. The Balaban J connectivity index is 1.56. The standard InChI is InChI=1S/C17H17FN4O/c18-14-3-1-11(2-4-14)8-15(19)17(23)22-10-12-7-13-5-6-20-16(13)21-9-12/h1-7,9,15H,8,10,19H2,(H,20,21)(H,22,23)/t15-/m0/s1. The lowest BCUT2D eigenvalue weighted by molar-refractivity contribution is -0.122. The van der Waals surface area contributed by atoms with E-state index in [-0.39, 0.29) is 11.7 Å². The third-order valence-electron chi connectivity index (χ3n) is 3.63. The minimum Gasteiger partial charge on any atom is -0.351 e. The SMILES string of the molecule is N[C@@H](Cc1ccc(F)cc1)C(=O)NCc1cnc2[nH]ccc2c1. The number of hydrogen-bond donors (Lipinski definition) is 3. The molecule has 0 saturated carbocycles. The lowest BCUT2D eigenvalue weighted by Crippen LogP contribution is -2.41. The molecule has 2 heterocycles. The maximum Gasteiger partial charge on any atom is 0.237 e. The summed E-state index contributed by atoms with van der Waals surface area (Å²) in [5.74, 6) is -0.553. The molecule has 4 N–H and O–H groups in total. The molecule has 1 amide bonds.